The van der Waals surface area contributed by atoms with E-state index in [0.717, 1.165) is 16.7 Å². The molecule has 0 radical (unpaired) electrons. The number of ether oxygens (including phenoxy) is 1. The largest absolute Gasteiger partial charge is 0.484 e. The third-order valence-corrected chi connectivity index (χ3v) is 4.46. The zero-order valence-corrected chi connectivity index (χ0v) is 15.7. The number of hydrogen-bond donors (Lipinski definition) is 2. The molecule has 27 heavy (non-hydrogen) atoms. The molecule has 2 N–H and O–H groups in total. The monoisotopic (exact) mass is 365 g/mol. The number of nitrogens with one attached hydrogen (secondary N) is 1. The fourth-order valence-corrected chi connectivity index (χ4v) is 2.67. The Kier molecular flexibility index (Phi) is 5.62. The molecule has 1 aromatic heterocycles. The molecular formula is C22H23NO4. The van der Waals surface area contributed by atoms with Crippen molar-refractivity contribution in [3.63, 3.8) is 0 Å². The molecular weight excluding hydrogens is 342 g/mol. The van der Waals surface area contributed by atoms with Crippen molar-refractivity contribution >= 4 is 11.6 Å². The number of aryl methyl sites for hydroxylation is 3. The van der Waals surface area contributed by atoms with Gasteiger partial charge < -0.3 is 19.6 Å². The van der Waals surface area contributed by atoms with Crippen molar-refractivity contribution in [3.8, 4) is 17.1 Å². The van der Waals surface area contributed by atoms with Gasteiger partial charge in [-0.3, -0.25) is 4.79 Å². The lowest BCUT2D eigenvalue weighted by molar-refractivity contribution is -0.118. The third-order valence-electron chi connectivity index (χ3n) is 4.46. The van der Waals surface area contributed by atoms with E-state index in [-0.39, 0.29) is 19.1 Å². The van der Waals surface area contributed by atoms with Gasteiger partial charge in [-0.2, -0.15) is 0 Å². The lowest BCUT2D eigenvalue weighted by atomic mass is 10.1. The molecule has 0 atom stereocenters. The highest BCUT2D eigenvalue weighted by molar-refractivity contribution is 5.93. The number of benzene rings is 2. The molecule has 1 amide bonds. The normalized spacial score (nSPS) is 10.7. The highest BCUT2D eigenvalue weighted by Crippen LogP contribution is 2.27. The van der Waals surface area contributed by atoms with E-state index in [9.17, 15) is 4.79 Å². The lowest BCUT2D eigenvalue weighted by Gasteiger charge is -2.11. The van der Waals surface area contributed by atoms with Crippen LogP contribution < -0.4 is 10.1 Å². The molecule has 0 aliphatic carbocycles. The fraction of sp³-hybridized carbons (Fsp3) is 0.227. The number of carbonyl (C=O) groups excluding carboxylic acids is 1. The number of rotatable bonds is 6. The van der Waals surface area contributed by atoms with E-state index in [4.69, 9.17) is 14.3 Å². The van der Waals surface area contributed by atoms with Crippen molar-refractivity contribution in [2.75, 3.05) is 11.9 Å². The first-order valence-electron chi connectivity index (χ1n) is 8.77. The fourth-order valence-electron chi connectivity index (χ4n) is 2.67. The maximum Gasteiger partial charge on any atom is 0.262 e. The summed E-state index contributed by atoms with van der Waals surface area (Å²) in [6, 6.07) is 15.0. The molecule has 0 saturated heterocycles. The van der Waals surface area contributed by atoms with Crippen LogP contribution >= 0.6 is 0 Å². The van der Waals surface area contributed by atoms with E-state index in [2.05, 4.69) is 5.32 Å². The Labute approximate surface area is 158 Å². The lowest BCUT2D eigenvalue weighted by Crippen LogP contribution is -2.20. The maximum atomic E-state index is 12.3. The summed E-state index contributed by atoms with van der Waals surface area (Å²) in [6.45, 7) is 5.75. The Bertz CT molecular complexity index is 959. The number of hydrogen-bond acceptors (Lipinski definition) is 4. The van der Waals surface area contributed by atoms with Crippen molar-refractivity contribution in [2.24, 2.45) is 0 Å². The summed E-state index contributed by atoms with van der Waals surface area (Å²) in [5.74, 6) is 1.58. The van der Waals surface area contributed by atoms with Crippen LogP contribution in [0.25, 0.3) is 11.3 Å². The Morgan fingerprint density at radius 2 is 1.78 bits per heavy atom. The Morgan fingerprint density at radius 1 is 1.00 bits per heavy atom. The summed E-state index contributed by atoms with van der Waals surface area (Å²) >= 11 is 0. The Hall–Kier alpha value is -3.05. The highest BCUT2D eigenvalue weighted by Gasteiger charge is 2.10. The molecule has 1 heterocycles. The number of anilines is 1. The summed E-state index contributed by atoms with van der Waals surface area (Å²) in [7, 11) is 0. The van der Waals surface area contributed by atoms with Gasteiger partial charge in [-0.1, -0.05) is 18.2 Å². The molecule has 0 unspecified atom stereocenters. The van der Waals surface area contributed by atoms with Gasteiger partial charge in [-0.15, -0.1) is 0 Å². The predicted molar refractivity (Wildman–Crippen MR) is 105 cm³/mol. The summed E-state index contributed by atoms with van der Waals surface area (Å²) in [4.78, 5) is 12.3. The standard InChI is InChI=1S/C22H23NO4/c1-14-5-7-18(10-16(14)3)26-13-22(25)23-20-11-17(6-4-15(20)2)21-9-8-19(12-24)27-21/h4-11,24H,12-13H2,1-3H3,(H,23,25). The van der Waals surface area contributed by atoms with Gasteiger partial charge in [0, 0.05) is 11.3 Å². The molecule has 5 heteroatoms. The molecule has 0 fully saturated rings. The predicted octanol–water partition coefficient (Wildman–Crippen LogP) is 4.38. The number of aliphatic hydroxyl groups is 1. The third kappa shape index (κ3) is 4.57. The van der Waals surface area contributed by atoms with Gasteiger partial charge in [0.25, 0.3) is 5.91 Å². The molecule has 140 valence electrons. The van der Waals surface area contributed by atoms with E-state index < -0.39 is 0 Å². The van der Waals surface area contributed by atoms with Crippen LogP contribution in [0.1, 0.15) is 22.5 Å². The summed E-state index contributed by atoms with van der Waals surface area (Å²) in [5, 5.41) is 12.0. The molecule has 0 aliphatic heterocycles. The van der Waals surface area contributed by atoms with Crippen LogP contribution in [0.5, 0.6) is 5.75 Å². The molecule has 0 bridgehead atoms. The zero-order chi connectivity index (χ0) is 19.4. The van der Waals surface area contributed by atoms with Gasteiger partial charge >= 0.3 is 0 Å². The summed E-state index contributed by atoms with van der Waals surface area (Å²) in [5.41, 5.74) is 4.76. The second kappa shape index (κ2) is 8.10. The van der Waals surface area contributed by atoms with Crippen LogP contribution in [-0.2, 0) is 11.4 Å². The number of carbonyl (C=O) groups is 1. The van der Waals surface area contributed by atoms with Crippen molar-refractivity contribution in [3.05, 3.63) is 71.0 Å². The van der Waals surface area contributed by atoms with Crippen LogP contribution in [-0.4, -0.2) is 17.6 Å². The first kappa shape index (κ1) is 18.7. The molecule has 0 spiro atoms. The molecule has 3 aromatic rings. The van der Waals surface area contributed by atoms with Gasteiger partial charge in [-0.25, -0.2) is 0 Å². The second-order valence-corrected chi connectivity index (χ2v) is 6.54. The summed E-state index contributed by atoms with van der Waals surface area (Å²) in [6.07, 6.45) is 0. The van der Waals surface area contributed by atoms with E-state index in [0.29, 0.717) is 23.0 Å². The first-order chi connectivity index (χ1) is 13.0. The van der Waals surface area contributed by atoms with Gasteiger partial charge in [-0.05, 0) is 67.8 Å². The van der Waals surface area contributed by atoms with Crippen LogP contribution in [0, 0.1) is 20.8 Å². The van der Waals surface area contributed by atoms with Gasteiger partial charge in [0.2, 0.25) is 0 Å². The molecule has 5 nitrogen and oxygen atoms in total. The topological polar surface area (TPSA) is 71.7 Å². The van der Waals surface area contributed by atoms with Crippen LogP contribution in [0.2, 0.25) is 0 Å². The maximum absolute atomic E-state index is 12.3. The minimum Gasteiger partial charge on any atom is -0.484 e. The Morgan fingerprint density at radius 3 is 2.48 bits per heavy atom. The van der Waals surface area contributed by atoms with Gasteiger partial charge in [0.05, 0.1) is 0 Å². The molecule has 2 aromatic carbocycles. The molecule has 3 rings (SSSR count). The van der Waals surface area contributed by atoms with Crippen molar-refractivity contribution in [1.29, 1.82) is 0 Å². The quantitative estimate of drug-likeness (QED) is 0.680. The SMILES string of the molecule is Cc1ccc(OCC(=O)Nc2cc(-c3ccc(CO)o3)ccc2C)cc1C. The van der Waals surface area contributed by atoms with Crippen molar-refractivity contribution in [1.82, 2.24) is 0 Å². The van der Waals surface area contributed by atoms with Gasteiger partial charge in [0.15, 0.2) is 6.61 Å². The first-order valence-corrected chi connectivity index (χ1v) is 8.77. The van der Waals surface area contributed by atoms with Crippen LogP contribution in [0.4, 0.5) is 5.69 Å². The average molecular weight is 365 g/mol. The van der Waals surface area contributed by atoms with Crippen molar-refractivity contribution < 1.29 is 19.1 Å². The smallest absolute Gasteiger partial charge is 0.262 e. The minimum absolute atomic E-state index is 0.0679. The van der Waals surface area contributed by atoms with Crippen LogP contribution in [0.3, 0.4) is 0 Å². The summed E-state index contributed by atoms with van der Waals surface area (Å²) < 4.78 is 11.1. The van der Waals surface area contributed by atoms with E-state index in [1.807, 2.05) is 57.2 Å². The van der Waals surface area contributed by atoms with E-state index >= 15 is 0 Å². The number of furan rings is 1. The minimum atomic E-state index is -0.232. The number of amides is 1. The average Bonchev–Trinajstić information content (AvgIpc) is 3.14. The second-order valence-electron chi connectivity index (χ2n) is 6.54. The van der Waals surface area contributed by atoms with Crippen LogP contribution in [0.15, 0.2) is 52.9 Å². The zero-order valence-electron chi connectivity index (χ0n) is 15.7. The molecule has 0 saturated carbocycles. The van der Waals surface area contributed by atoms with Gasteiger partial charge in [0.1, 0.15) is 23.9 Å². The van der Waals surface area contributed by atoms with E-state index in [1.165, 1.54) is 5.56 Å². The highest BCUT2D eigenvalue weighted by atomic mass is 16.5. The molecule has 0 aliphatic rings. The Balaban J connectivity index is 1.67. The van der Waals surface area contributed by atoms with E-state index in [1.54, 1.807) is 12.1 Å². The van der Waals surface area contributed by atoms with Crippen molar-refractivity contribution in [2.45, 2.75) is 27.4 Å². The number of aliphatic hydroxyl groups excluding tert-OH is 1.